The van der Waals surface area contributed by atoms with E-state index in [-0.39, 0.29) is 24.8 Å². The van der Waals surface area contributed by atoms with Gasteiger partial charge in [-0.1, -0.05) is 48.5 Å². The lowest BCUT2D eigenvalue weighted by atomic mass is 10.1. The quantitative estimate of drug-likeness (QED) is 0.454. The van der Waals surface area contributed by atoms with Crippen LogP contribution in [-0.4, -0.2) is 30.9 Å². The van der Waals surface area contributed by atoms with Crippen molar-refractivity contribution >= 4 is 23.9 Å². The molecule has 0 radical (unpaired) electrons. The number of rotatable bonds is 7. The topological polar surface area (TPSA) is 84.5 Å². The van der Waals surface area contributed by atoms with Gasteiger partial charge in [-0.05, 0) is 23.8 Å². The van der Waals surface area contributed by atoms with E-state index in [9.17, 15) is 14.4 Å². The van der Waals surface area contributed by atoms with Gasteiger partial charge in [-0.15, -0.1) is 0 Å². The number of hydrogen-bond acceptors (Lipinski definition) is 4. The second kappa shape index (κ2) is 9.78. The van der Waals surface area contributed by atoms with Crippen molar-refractivity contribution < 1.29 is 19.1 Å². The normalized spacial score (nSPS) is 10.7. The second-order valence-corrected chi connectivity index (χ2v) is 5.38. The lowest BCUT2D eigenvalue weighted by Gasteiger charge is -2.11. The molecule has 0 saturated carbocycles. The number of amides is 2. The van der Waals surface area contributed by atoms with Crippen molar-refractivity contribution in [3.05, 3.63) is 77.5 Å². The van der Waals surface area contributed by atoms with Gasteiger partial charge in [-0.25, -0.2) is 0 Å². The molecule has 0 unspecified atom stereocenters. The van der Waals surface area contributed by atoms with Crippen LogP contribution in [-0.2, 0) is 14.3 Å². The summed E-state index contributed by atoms with van der Waals surface area (Å²) in [4.78, 5) is 35.6. The Bertz CT molecular complexity index is 786. The highest BCUT2D eigenvalue weighted by atomic mass is 16.5. The molecule has 6 heteroatoms. The highest BCUT2D eigenvalue weighted by Crippen LogP contribution is 2.07. The largest absolute Gasteiger partial charge is 0.464 e. The lowest BCUT2D eigenvalue weighted by molar-refractivity contribution is -0.141. The summed E-state index contributed by atoms with van der Waals surface area (Å²) in [5.74, 6) is -1.27. The van der Waals surface area contributed by atoms with Crippen LogP contribution in [0, 0.1) is 0 Å². The van der Waals surface area contributed by atoms with Gasteiger partial charge >= 0.3 is 5.97 Å². The fraction of sp³-hybridized carbons (Fsp3) is 0.150. The molecule has 0 bridgehead atoms. The molecule has 0 aliphatic rings. The zero-order valence-corrected chi connectivity index (χ0v) is 14.4. The maximum atomic E-state index is 12.4. The number of hydrogen-bond donors (Lipinski definition) is 2. The Morgan fingerprint density at radius 2 is 1.58 bits per heavy atom. The van der Waals surface area contributed by atoms with E-state index in [2.05, 4.69) is 10.6 Å². The summed E-state index contributed by atoms with van der Waals surface area (Å²) in [6, 6.07) is 17.8. The molecular formula is C20H20N2O4. The Morgan fingerprint density at radius 3 is 2.19 bits per heavy atom. The smallest absolute Gasteiger partial charge is 0.302 e. The number of carbonyl (C=O) groups excluding carboxylic acids is 3. The molecule has 0 heterocycles. The second-order valence-electron chi connectivity index (χ2n) is 5.38. The number of ether oxygens (including phenoxy) is 1. The third kappa shape index (κ3) is 6.24. The van der Waals surface area contributed by atoms with Crippen molar-refractivity contribution in [2.75, 3.05) is 13.2 Å². The molecule has 2 aromatic rings. The van der Waals surface area contributed by atoms with Crippen molar-refractivity contribution in [2.45, 2.75) is 6.92 Å². The van der Waals surface area contributed by atoms with Gasteiger partial charge in [0.15, 0.2) is 0 Å². The van der Waals surface area contributed by atoms with E-state index in [1.54, 1.807) is 36.4 Å². The molecule has 0 atom stereocenters. The van der Waals surface area contributed by atoms with Crippen molar-refractivity contribution in [1.29, 1.82) is 0 Å². The zero-order chi connectivity index (χ0) is 18.8. The number of esters is 1. The fourth-order valence-corrected chi connectivity index (χ4v) is 2.11. The van der Waals surface area contributed by atoms with Crippen LogP contribution in [0.4, 0.5) is 0 Å². The first-order chi connectivity index (χ1) is 12.6. The molecular weight excluding hydrogens is 332 g/mol. The number of nitrogens with one attached hydrogen (secondary N) is 2. The van der Waals surface area contributed by atoms with Gasteiger partial charge in [-0.3, -0.25) is 14.4 Å². The Balaban J connectivity index is 2.11. The Kier molecular flexibility index (Phi) is 7.12. The van der Waals surface area contributed by atoms with Crippen LogP contribution >= 0.6 is 0 Å². The van der Waals surface area contributed by atoms with E-state index in [1.807, 2.05) is 30.3 Å². The molecule has 26 heavy (non-hydrogen) atoms. The summed E-state index contributed by atoms with van der Waals surface area (Å²) >= 11 is 0. The highest BCUT2D eigenvalue weighted by Gasteiger charge is 2.14. The minimum atomic E-state index is -0.467. The summed E-state index contributed by atoms with van der Waals surface area (Å²) < 4.78 is 4.78. The highest BCUT2D eigenvalue weighted by molar-refractivity contribution is 6.05. The molecule has 6 nitrogen and oxygen atoms in total. The summed E-state index contributed by atoms with van der Waals surface area (Å²) in [5.41, 5.74) is 1.32. The Labute approximate surface area is 151 Å². The lowest BCUT2D eigenvalue weighted by Crippen LogP contribution is -2.36. The fourth-order valence-electron chi connectivity index (χ4n) is 2.11. The monoisotopic (exact) mass is 352 g/mol. The van der Waals surface area contributed by atoms with Gasteiger partial charge in [0.05, 0.1) is 6.54 Å². The molecule has 2 amide bonds. The van der Waals surface area contributed by atoms with Crippen molar-refractivity contribution in [1.82, 2.24) is 10.6 Å². The van der Waals surface area contributed by atoms with Crippen LogP contribution in [0.2, 0.25) is 0 Å². The van der Waals surface area contributed by atoms with Gasteiger partial charge in [0.25, 0.3) is 11.8 Å². The van der Waals surface area contributed by atoms with Crippen LogP contribution in [0.25, 0.3) is 6.08 Å². The average molecular weight is 352 g/mol. The molecule has 134 valence electrons. The van der Waals surface area contributed by atoms with Crippen molar-refractivity contribution in [3.63, 3.8) is 0 Å². The molecule has 0 aromatic heterocycles. The standard InChI is InChI=1S/C20H20N2O4/c1-15(23)26-13-12-21-20(25)18(14-16-8-4-2-5-9-16)22-19(24)17-10-6-3-7-11-17/h2-11,14H,12-13H2,1H3,(H,21,25)(H,22,24)/b18-14+. The number of carbonyl (C=O) groups is 3. The van der Waals surface area contributed by atoms with Crippen LogP contribution in [0.3, 0.4) is 0 Å². The third-order valence-corrected chi connectivity index (χ3v) is 3.33. The first-order valence-electron chi connectivity index (χ1n) is 8.11. The van der Waals surface area contributed by atoms with E-state index in [1.165, 1.54) is 6.92 Å². The summed E-state index contributed by atoms with van der Waals surface area (Å²) in [6.45, 7) is 1.50. The van der Waals surface area contributed by atoms with E-state index in [4.69, 9.17) is 4.74 Å². The predicted molar refractivity (Wildman–Crippen MR) is 98.0 cm³/mol. The summed E-state index contributed by atoms with van der Waals surface area (Å²) in [5, 5.41) is 5.25. The van der Waals surface area contributed by atoms with E-state index >= 15 is 0 Å². The molecule has 0 spiro atoms. The van der Waals surface area contributed by atoms with Gasteiger partial charge in [0.1, 0.15) is 12.3 Å². The Morgan fingerprint density at radius 1 is 0.962 bits per heavy atom. The van der Waals surface area contributed by atoms with Gasteiger partial charge in [0.2, 0.25) is 0 Å². The molecule has 2 rings (SSSR count). The minimum Gasteiger partial charge on any atom is -0.464 e. The average Bonchev–Trinajstić information content (AvgIpc) is 2.66. The van der Waals surface area contributed by atoms with E-state index < -0.39 is 11.9 Å². The van der Waals surface area contributed by atoms with Crippen LogP contribution in [0.5, 0.6) is 0 Å². The molecule has 0 aliphatic heterocycles. The maximum Gasteiger partial charge on any atom is 0.302 e. The van der Waals surface area contributed by atoms with Crippen LogP contribution in [0.15, 0.2) is 66.4 Å². The molecule has 0 saturated heterocycles. The van der Waals surface area contributed by atoms with Gasteiger partial charge in [-0.2, -0.15) is 0 Å². The van der Waals surface area contributed by atoms with Crippen molar-refractivity contribution in [2.24, 2.45) is 0 Å². The molecule has 0 aliphatic carbocycles. The minimum absolute atomic E-state index is 0.0618. The summed E-state index contributed by atoms with van der Waals surface area (Å²) in [7, 11) is 0. The van der Waals surface area contributed by atoms with E-state index in [0.717, 1.165) is 5.56 Å². The van der Waals surface area contributed by atoms with E-state index in [0.29, 0.717) is 5.56 Å². The third-order valence-electron chi connectivity index (χ3n) is 3.33. The predicted octanol–water partition coefficient (Wildman–Crippen LogP) is 2.14. The first kappa shape index (κ1) is 18.9. The van der Waals surface area contributed by atoms with Crippen LogP contribution < -0.4 is 10.6 Å². The maximum absolute atomic E-state index is 12.4. The SMILES string of the molecule is CC(=O)OCCNC(=O)/C(=C\c1ccccc1)NC(=O)c1ccccc1. The van der Waals surface area contributed by atoms with Crippen LogP contribution in [0.1, 0.15) is 22.8 Å². The van der Waals surface area contributed by atoms with Gasteiger partial charge in [0, 0.05) is 12.5 Å². The Hall–Kier alpha value is -3.41. The molecule has 2 N–H and O–H groups in total. The molecule has 2 aromatic carbocycles. The van der Waals surface area contributed by atoms with Gasteiger partial charge < -0.3 is 15.4 Å². The van der Waals surface area contributed by atoms with Crippen molar-refractivity contribution in [3.8, 4) is 0 Å². The summed E-state index contributed by atoms with van der Waals surface area (Å²) in [6.07, 6.45) is 1.59. The first-order valence-corrected chi connectivity index (χ1v) is 8.11. The zero-order valence-electron chi connectivity index (χ0n) is 14.4. The molecule has 0 fully saturated rings. The number of benzene rings is 2.